The molecule has 1 aliphatic heterocycles. The number of hydrogen-bond acceptors (Lipinski definition) is 4. The Labute approximate surface area is 176 Å². The number of ether oxygens (including phenoxy) is 1. The van der Waals surface area contributed by atoms with Crippen LogP contribution in [0.5, 0.6) is 11.5 Å². The smallest absolute Gasteiger partial charge is 0.282 e. The second-order valence-corrected chi connectivity index (χ2v) is 7.32. The van der Waals surface area contributed by atoms with E-state index in [-0.39, 0.29) is 11.7 Å². The van der Waals surface area contributed by atoms with Gasteiger partial charge in [-0.3, -0.25) is 9.69 Å². The number of anilines is 1. The van der Waals surface area contributed by atoms with Gasteiger partial charge in [-0.25, -0.2) is 4.99 Å². The number of amidine groups is 1. The SMILES string of the molecule is COc1ccc(C2=N/C(=C/c3ccc(Br)cc3)C(=O)N2c2ccc(O)cc2)cc1. The van der Waals surface area contributed by atoms with Crippen LogP contribution < -0.4 is 9.64 Å². The van der Waals surface area contributed by atoms with Crippen molar-refractivity contribution in [2.24, 2.45) is 4.99 Å². The largest absolute Gasteiger partial charge is 0.508 e. The summed E-state index contributed by atoms with van der Waals surface area (Å²) in [5.74, 6) is 1.14. The van der Waals surface area contributed by atoms with E-state index in [9.17, 15) is 9.90 Å². The van der Waals surface area contributed by atoms with Gasteiger partial charge in [0.1, 0.15) is 23.0 Å². The van der Waals surface area contributed by atoms with Crippen molar-refractivity contribution in [2.45, 2.75) is 0 Å². The first kappa shape index (κ1) is 19.0. The maximum absolute atomic E-state index is 13.2. The van der Waals surface area contributed by atoms with Crippen molar-refractivity contribution in [2.75, 3.05) is 12.0 Å². The van der Waals surface area contributed by atoms with E-state index in [1.807, 2.05) is 48.5 Å². The molecular formula is C23H17BrN2O3. The van der Waals surface area contributed by atoms with E-state index >= 15 is 0 Å². The molecule has 0 saturated carbocycles. The Bertz CT molecular complexity index is 1100. The van der Waals surface area contributed by atoms with Gasteiger partial charge < -0.3 is 9.84 Å². The lowest BCUT2D eigenvalue weighted by Gasteiger charge is -2.18. The summed E-state index contributed by atoms with van der Waals surface area (Å²) < 4.78 is 6.19. The molecule has 0 saturated heterocycles. The number of rotatable bonds is 4. The minimum absolute atomic E-state index is 0.133. The summed E-state index contributed by atoms with van der Waals surface area (Å²) in [6, 6.07) is 21.5. The number of aromatic hydroxyl groups is 1. The van der Waals surface area contributed by atoms with Crippen LogP contribution in [-0.2, 0) is 4.79 Å². The summed E-state index contributed by atoms with van der Waals surface area (Å²) in [4.78, 5) is 19.4. The molecule has 5 nitrogen and oxygen atoms in total. The second kappa shape index (κ2) is 7.93. The molecule has 0 unspecified atom stereocenters. The molecule has 1 aliphatic rings. The van der Waals surface area contributed by atoms with E-state index < -0.39 is 0 Å². The molecule has 3 aromatic rings. The Morgan fingerprint density at radius 3 is 2.24 bits per heavy atom. The normalized spacial score (nSPS) is 15.0. The minimum atomic E-state index is -0.232. The van der Waals surface area contributed by atoms with Gasteiger partial charge in [0.2, 0.25) is 0 Å². The van der Waals surface area contributed by atoms with Crippen molar-refractivity contribution >= 4 is 39.4 Å². The van der Waals surface area contributed by atoms with Crippen LogP contribution in [0, 0.1) is 0 Å². The number of halogens is 1. The first-order valence-corrected chi connectivity index (χ1v) is 9.68. The number of benzene rings is 3. The molecular weight excluding hydrogens is 432 g/mol. The standard InChI is InChI=1S/C23H17BrN2O3/c1-29-20-12-4-16(5-13-20)22-25-21(14-15-2-6-17(24)7-3-15)23(28)26(22)18-8-10-19(27)11-9-18/h2-14,27H,1H3/b21-14+. The predicted molar refractivity (Wildman–Crippen MR) is 117 cm³/mol. The molecule has 1 amide bonds. The first-order chi connectivity index (χ1) is 14.0. The molecule has 0 spiro atoms. The first-order valence-electron chi connectivity index (χ1n) is 8.89. The van der Waals surface area contributed by atoms with Crippen LogP contribution in [0.1, 0.15) is 11.1 Å². The molecule has 1 heterocycles. The molecule has 0 aromatic heterocycles. The summed E-state index contributed by atoms with van der Waals surface area (Å²) in [7, 11) is 1.60. The van der Waals surface area contributed by atoms with Crippen molar-refractivity contribution in [1.29, 1.82) is 0 Å². The van der Waals surface area contributed by atoms with Crippen molar-refractivity contribution in [3.8, 4) is 11.5 Å². The highest BCUT2D eigenvalue weighted by atomic mass is 79.9. The number of phenols is 1. The number of nitrogens with zero attached hydrogens (tertiary/aromatic N) is 2. The van der Waals surface area contributed by atoms with Crippen LogP contribution in [0.4, 0.5) is 5.69 Å². The molecule has 0 radical (unpaired) electrons. The number of phenolic OH excluding ortho intramolecular Hbond substituents is 1. The number of amides is 1. The lowest BCUT2D eigenvalue weighted by atomic mass is 10.1. The number of carbonyl (C=O) groups excluding carboxylic acids is 1. The summed E-state index contributed by atoms with van der Waals surface area (Å²) in [6.45, 7) is 0. The topological polar surface area (TPSA) is 62.1 Å². The maximum Gasteiger partial charge on any atom is 0.282 e. The molecule has 29 heavy (non-hydrogen) atoms. The summed E-state index contributed by atoms with van der Waals surface area (Å²) in [6.07, 6.45) is 1.76. The molecule has 144 valence electrons. The number of carbonyl (C=O) groups is 1. The number of aliphatic imine (C=N–C) groups is 1. The van der Waals surface area contributed by atoms with E-state index in [0.717, 1.165) is 21.3 Å². The monoisotopic (exact) mass is 448 g/mol. The van der Waals surface area contributed by atoms with Gasteiger partial charge in [-0.1, -0.05) is 28.1 Å². The molecule has 3 aromatic carbocycles. The van der Waals surface area contributed by atoms with E-state index in [4.69, 9.17) is 4.74 Å². The third-order valence-corrected chi connectivity index (χ3v) is 5.02. The molecule has 0 atom stereocenters. The zero-order chi connectivity index (χ0) is 20.4. The molecule has 1 N–H and O–H groups in total. The Morgan fingerprint density at radius 2 is 1.62 bits per heavy atom. The van der Waals surface area contributed by atoms with Gasteiger partial charge >= 0.3 is 0 Å². The van der Waals surface area contributed by atoms with Crippen molar-refractivity contribution < 1.29 is 14.6 Å². The van der Waals surface area contributed by atoms with Crippen molar-refractivity contribution in [1.82, 2.24) is 0 Å². The average Bonchev–Trinajstić information content (AvgIpc) is 3.06. The lowest BCUT2D eigenvalue weighted by molar-refractivity contribution is -0.113. The molecule has 4 rings (SSSR count). The van der Waals surface area contributed by atoms with Crippen LogP contribution >= 0.6 is 15.9 Å². The highest BCUT2D eigenvalue weighted by molar-refractivity contribution is 9.10. The summed E-state index contributed by atoms with van der Waals surface area (Å²) in [5.41, 5.74) is 2.63. The van der Waals surface area contributed by atoms with Gasteiger partial charge in [0.25, 0.3) is 5.91 Å². The molecule has 6 heteroatoms. The average molecular weight is 449 g/mol. The van der Waals surface area contributed by atoms with Crippen LogP contribution in [0.3, 0.4) is 0 Å². The number of methoxy groups -OCH3 is 1. The van der Waals surface area contributed by atoms with E-state index in [1.165, 1.54) is 0 Å². The Kier molecular flexibility index (Phi) is 5.18. The lowest BCUT2D eigenvalue weighted by Crippen LogP contribution is -2.32. The Balaban J connectivity index is 1.79. The number of hydrogen-bond donors (Lipinski definition) is 1. The van der Waals surface area contributed by atoms with Gasteiger partial charge in [0.05, 0.1) is 12.8 Å². The Hall–Kier alpha value is -3.38. The van der Waals surface area contributed by atoms with Crippen LogP contribution in [0.25, 0.3) is 6.08 Å². The van der Waals surface area contributed by atoms with Crippen molar-refractivity contribution in [3.05, 3.63) is 94.1 Å². The third-order valence-electron chi connectivity index (χ3n) is 4.49. The Morgan fingerprint density at radius 1 is 0.966 bits per heavy atom. The fourth-order valence-corrected chi connectivity index (χ4v) is 3.27. The highest BCUT2D eigenvalue weighted by Gasteiger charge is 2.32. The quantitative estimate of drug-likeness (QED) is 0.571. The third kappa shape index (κ3) is 3.93. The molecule has 0 aliphatic carbocycles. The maximum atomic E-state index is 13.2. The van der Waals surface area contributed by atoms with Crippen LogP contribution in [0.15, 0.2) is 88.0 Å². The molecule has 0 fully saturated rings. The predicted octanol–water partition coefficient (Wildman–Crippen LogP) is 5.00. The van der Waals surface area contributed by atoms with E-state index in [1.54, 1.807) is 42.4 Å². The van der Waals surface area contributed by atoms with Crippen LogP contribution in [0.2, 0.25) is 0 Å². The fourth-order valence-electron chi connectivity index (χ4n) is 3.01. The zero-order valence-corrected chi connectivity index (χ0v) is 17.1. The van der Waals surface area contributed by atoms with Gasteiger partial charge in [-0.05, 0) is 72.3 Å². The van der Waals surface area contributed by atoms with Gasteiger partial charge in [-0.2, -0.15) is 0 Å². The van der Waals surface area contributed by atoms with E-state index in [2.05, 4.69) is 20.9 Å². The van der Waals surface area contributed by atoms with Crippen LogP contribution in [-0.4, -0.2) is 24.0 Å². The summed E-state index contributed by atoms with van der Waals surface area (Å²) in [5, 5.41) is 9.61. The second-order valence-electron chi connectivity index (χ2n) is 6.40. The van der Waals surface area contributed by atoms with Gasteiger partial charge in [-0.15, -0.1) is 0 Å². The van der Waals surface area contributed by atoms with Crippen molar-refractivity contribution in [3.63, 3.8) is 0 Å². The van der Waals surface area contributed by atoms with Gasteiger partial charge in [0.15, 0.2) is 0 Å². The zero-order valence-electron chi connectivity index (χ0n) is 15.5. The minimum Gasteiger partial charge on any atom is -0.508 e. The molecule has 0 bridgehead atoms. The highest BCUT2D eigenvalue weighted by Crippen LogP contribution is 2.29. The van der Waals surface area contributed by atoms with Gasteiger partial charge in [0, 0.05) is 10.0 Å². The fraction of sp³-hybridized carbons (Fsp3) is 0.0435. The summed E-state index contributed by atoms with van der Waals surface area (Å²) >= 11 is 3.41. The van der Waals surface area contributed by atoms with E-state index in [0.29, 0.717) is 17.2 Å².